The van der Waals surface area contributed by atoms with Crippen LogP contribution in [0.1, 0.15) is 31.2 Å². The molecule has 1 saturated carbocycles. The number of benzene rings is 1. The lowest BCUT2D eigenvalue weighted by atomic mass is 9.86. The molecule has 1 aromatic carbocycles. The van der Waals surface area contributed by atoms with Crippen molar-refractivity contribution in [2.75, 3.05) is 6.61 Å². The summed E-state index contributed by atoms with van der Waals surface area (Å²) < 4.78 is 29.0. The van der Waals surface area contributed by atoms with E-state index < -0.39 is 19.0 Å². The number of nitrogens with one attached hydrogen (secondary N) is 1. The Morgan fingerprint density at radius 1 is 1.23 bits per heavy atom. The summed E-state index contributed by atoms with van der Waals surface area (Å²) in [5, 5.41) is 12.4. The quantitative estimate of drug-likeness (QED) is 0.812. The first kappa shape index (κ1) is 16.7. The van der Waals surface area contributed by atoms with Gasteiger partial charge >= 0.3 is 5.97 Å². The predicted octanol–water partition coefficient (Wildman–Crippen LogP) is 3.06. The standard InChI is InChI=1S/C16H21F2NO3/c17-15(18)10-22-14-7-1-11(2-8-14)9-19-13-5-3-12(4-6-13)16(20)21/h1-2,7-8,12-13,15,19H,3-6,9-10H2,(H,20,21). The van der Waals surface area contributed by atoms with Crippen molar-refractivity contribution < 1.29 is 23.4 Å². The summed E-state index contributed by atoms with van der Waals surface area (Å²) in [5.41, 5.74) is 1.05. The Hall–Kier alpha value is -1.69. The lowest BCUT2D eigenvalue weighted by Crippen LogP contribution is -2.34. The normalized spacial score (nSPS) is 21.8. The minimum atomic E-state index is -2.47. The first-order valence-electron chi connectivity index (χ1n) is 7.50. The molecule has 1 aliphatic rings. The molecule has 1 aliphatic carbocycles. The van der Waals surface area contributed by atoms with E-state index in [0.717, 1.165) is 18.4 Å². The van der Waals surface area contributed by atoms with Crippen LogP contribution in [0.2, 0.25) is 0 Å². The van der Waals surface area contributed by atoms with Crippen molar-refractivity contribution in [3.63, 3.8) is 0 Å². The van der Waals surface area contributed by atoms with Crippen LogP contribution < -0.4 is 10.1 Å². The number of alkyl halides is 2. The van der Waals surface area contributed by atoms with Gasteiger partial charge in [-0.1, -0.05) is 12.1 Å². The molecule has 4 nitrogen and oxygen atoms in total. The minimum absolute atomic E-state index is 0.204. The van der Waals surface area contributed by atoms with Gasteiger partial charge in [-0.2, -0.15) is 0 Å². The van der Waals surface area contributed by atoms with E-state index in [9.17, 15) is 13.6 Å². The Morgan fingerprint density at radius 3 is 2.41 bits per heavy atom. The molecule has 0 atom stereocenters. The van der Waals surface area contributed by atoms with E-state index in [0.29, 0.717) is 31.2 Å². The number of carboxylic acids is 1. The Balaban J connectivity index is 1.72. The monoisotopic (exact) mass is 313 g/mol. The minimum Gasteiger partial charge on any atom is -0.488 e. The Kier molecular flexibility index (Phi) is 6.12. The zero-order chi connectivity index (χ0) is 15.9. The van der Waals surface area contributed by atoms with Crippen LogP contribution in [0.5, 0.6) is 5.75 Å². The van der Waals surface area contributed by atoms with Gasteiger partial charge in [-0.05, 0) is 43.4 Å². The Bertz CT molecular complexity index is 471. The van der Waals surface area contributed by atoms with E-state index in [1.165, 1.54) is 0 Å². The maximum absolute atomic E-state index is 12.0. The van der Waals surface area contributed by atoms with E-state index in [-0.39, 0.29) is 5.92 Å². The SMILES string of the molecule is O=C(O)C1CCC(NCc2ccc(OCC(F)F)cc2)CC1. The second kappa shape index (κ2) is 8.08. The first-order chi connectivity index (χ1) is 10.5. The number of hydrogen-bond donors (Lipinski definition) is 2. The van der Waals surface area contributed by atoms with Crippen molar-refractivity contribution in [3.05, 3.63) is 29.8 Å². The third kappa shape index (κ3) is 5.26. The van der Waals surface area contributed by atoms with Gasteiger partial charge in [0.05, 0.1) is 5.92 Å². The maximum Gasteiger partial charge on any atom is 0.306 e. The lowest BCUT2D eigenvalue weighted by Gasteiger charge is -2.27. The number of aliphatic carboxylic acids is 1. The molecule has 6 heteroatoms. The number of rotatable bonds is 7. The lowest BCUT2D eigenvalue weighted by molar-refractivity contribution is -0.142. The summed E-state index contributed by atoms with van der Waals surface area (Å²) in [7, 11) is 0. The molecule has 0 saturated heterocycles. The molecular formula is C16H21F2NO3. The van der Waals surface area contributed by atoms with Gasteiger partial charge in [-0.25, -0.2) is 8.78 Å². The van der Waals surface area contributed by atoms with Crippen molar-refractivity contribution >= 4 is 5.97 Å². The van der Waals surface area contributed by atoms with E-state index in [1.54, 1.807) is 12.1 Å². The van der Waals surface area contributed by atoms with Crippen molar-refractivity contribution in [3.8, 4) is 5.75 Å². The fourth-order valence-corrected chi connectivity index (χ4v) is 2.67. The molecule has 22 heavy (non-hydrogen) atoms. The van der Waals surface area contributed by atoms with Crippen LogP contribution in [0.3, 0.4) is 0 Å². The van der Waals surface area contributed by atoms with Crippen molar-refractivity contribution in [2.24, 2.45) is 5.92 Å². The summed E-state index contributed by atoms with van der Waals surface area (Å²) in [6, 6.07) is 7.39. The second-order valence-corrected chi connectivity index (χ2v) is 5.61. The molecule has 0 spiro atoms. The molecule has 0 amide bonds. The highest BCUT2D eigenvalue weighted by molar-refractivity contribution is 5.70. The smallest absolute Gasteiger partial charge is 0.306 e. The van der Waals surface area contributed by atoms with Gasteiger partial charge in [0.15, 0.2) is 0 Å². The molecule has 0 bridgehead atoms. The highest BCUT2D eigenvalue weighted by Gasteiger charge is 2.25. The molecule has 1 fully saturated rings. The second-order valence-electron chi connectivity index (χ2n) is 5.61. The fourth-order valence-electron chi connectivity index (χ4n) is 2.67. The van der Waals surface area contributed by atoms with Gasteiger partial charge in [0.2, 0.25) is 0 Å². The molecular weight excluding hydrogens is 292 g/mol. The van der Waals surface area contributed by atoms with Crippen LogP contribution in [0.4, 0.5) is 8.78 Å². The maximum atomic E-state index is 12.0. The molecule has 0 radical (unpaired) electrons. The zero-order valence-corrected chi connectivity index (χ0v) is 12.3. The molecule has 0 aromatic heterocycles. The number of carbonyl (C=O) groups is 1. The van der Waals surface area contributed by atoms with E-state index in [4.69, 9.17) is 9.84 Å². The summed E-state index contributed by atoms with van der Waals surface area (Å²) in [6.45, 7) is 0.0853. The van der Waals surface area contributed by atoms with Crippen LogP contribution in [-0.2, 0) is 11.3 Å². The van der Waals surface area contributed by atoms with Gasteiger partial charge in [0.1, 0.15) is 12.4 Å². The Labute approximate surface area is 128 Å². The summed E-state index contributed by atoms with van der Waals surface area (Å²) in [5.74, 6) is -0.465. The predicted molar refractivity (Wildman–Crippen MR) is 78.2 cm³/mol. The average molecular weight is 313 g/mol. The van der Waals surface area contributed by atoms with Crippen molar-refractivity contribution in [1.82, 2.24) is 5.32 Å². The van der Waals surface area contributed by atoms with Crippen molar-refractivity contribution in [1.29, 1.82) is 0 Å². The third-order valence-electron chi connectivity index (χ3n) is 3.97. The van der Waals surface area contributed by atoms with Crippen LogP contribution in [0, 0.1) is 5.92 Å². The van der Waals surface area contributed by atoms with Crippen LogP contribution in [0.15, 0.2) is 24.3 Å². The highest BCUT2D eigenvalue weighted by Crippen LogP contribution is 2.24. The average Bonchev–Trinajstić information content (AvgIpc) is 2.52. The van der Waals surface area contributed by atoms with Gasteiger partial charge in [0.25, 0.3) is 6.43 Å². The number of ether oxygens (including phenoxy) is 1. The van der Waals surface area contributed by atoms with Crippen LogP contribution in [0.25, 0.3) is 0 Å². The van der Waals surface area contributed by atoms with Crippen LogP contribution in [-0.4, -0.2) is 30.2 Å². The molecule has 1 aromatic rings. The van der Waals surface area contributed by atoms with Crippen molar-refractivity contribution in [2.45, 2.75) is 44.7 Å². The van der Waals surface area contributed by atoms with Crippen LogP contribution >= 0.6 is 0 Å². The summed E-state index contributed by atoms with van der Waals surface area (Å²) in [4.78, 5) is 10.9. The largest absolute Gasteiger partial charge is 0.488 e. The third-order valence-corrected chi connectivity index (χ3v) is 3.97. The number of hydrogen-bond acceptors (Lipinski definition) is 3. The fraction of sp³-hybridized carbons (Fsp3) is 0.562. The Morgan fingerprint density at radius 2 is 1.86 bits per heavy atom. The number of carboxylic acid groups (broad SMARTS) is 1. The van der Waals surface area contributed by atoms with Gasteiger partial charge in [-0.15, -0.1) is 0 Å². The van der Waals surface area contributed by atoms with E-state index >= 15 is 0 Å². The zero-order valence-electron chi connectivity index (χ0n) is 12.3. The topological polar surface area (TPSA) is 58.6 Å². The molecule has 0 aliphatic heterocycles. The van der Waals surface area contributed by atoms with Gasteiger partial charge in [0, 0.05) is 12.6 Å². The van der Waals surface area contributed by atoms with Gasteiger partial charge < -0.3 is 15.2 Å². The highest BCUT2D eigenvalue weighted by atomic mass is 19.3. The first-order valence-corrected chi connectivity index (χ1v) is 7.50. The summed E-state index contributed by atoms with van der Waals surface area (Å²) >= 11 is 0. The summed E-state index contributed by atoms with van der Waals surface area (Å²) in [6.07, 6.45) is 0.696. The van der Waals surface area contributed by atoms with E-state index in [1.807, 2.05) is 12.1 Å². The molecule has 0 unspecified atom stereocenters. The van der Waals surface area contributed by atoms with E-state index in [2.05, 4.69) is 5.32 Å². The molecule has 2 rings (SSSR count). The number of halogens is 2. The van der Waals surface area contributed by atoms with Gasteiger partial charge in [-0.3, -0.25) is 4.79 Å². The molecule has 0 heterocycles. The molecule has 122 valence electrons. The molecule has 2 N–H and O–H groups in total.